The molecule has 0 radical (unpaired) electrons. The van der Waals surface area contributed by atoms with Crippen LogP contribution in [-0.2, 0) is 27.1 Å². The van der Waals surface area contributed by atoms with Crippen molar-refractivity contribution in [2.45, 2.75) is 32.1 Å². The number of carbonyl (C=O) groups is 3. The van der Waals surface area contributed by atoms with Gasteiger partial charge in [-0.3, -0.25) is 9.59 Å². The maximum Gasteiger partial charge on any atom is 0.337 e. The first kappa shape index (κ1) is 23.7. The minimum absolute atomic E-state index is 0.154. The van der Waals surface area contributed by atoms with Gasteiger partial charge < -0.3 is 20.1 Å². The minimum Gasteiger partial charge on any atom is -0.465 e. The molecule has 0 saturated carbocycles. The van der Waals surface area contributed by atoms with Crippen molar-refractivity contribution in [1.82, 2.24) is 5.32 Å². The topological polar surface area (TPSA) is 93.7 Å². The fraction of sp³-hybridized carbons (Fsp3) is 0.375. The molecule has 8 heteroatoms. The number of aryl methyl sites for hydroxylation is 1. The number of carbonyl (C=O) groups excluding carboxylic acids is 3. The maximum absolute atomic E-state index is 12.9. The van der Waals surface area contributed by atoms with Crippen LogP contribution in [-0.4, -0.2) is 45.2 Å². The summed E-state index contributed by atoms with van der Waals surface area (Å²) in [6, 6.07) is 6.75. The van der Waals surface area contributed by atoms with E-state index in [2.05, 4.69) is 15.4 Å². The molecule has 1 aromatic carbocycles. The van der Waals surface area contributed by atoms with Gasteiger partial charge in [0.25, 0.3) is 5.91 Å². The van der Waals surface area contributed by atoms with Gasteiger partial charge in [-0.2, -0.15) is 0 Å². The highest BCUT2D eigenvalue weighted by atomic mass is 32.1. The van der Waals surface area contributed by atoms with Crippen LogP contribution in [0.1, 0.15) is 56.0 Å². The molecular weight excluding hydrogens is 428 g/mol. The molecule has 1 aliphatic carbocycles. The van der Waals surface area contributed by atoms with Gasteiger partial charge in [-0.15, -0.1) is 11.3 Å². The van der Waals surface area contributed by atoms with Crippen LogP contribution in [0.4, 0.5) is 5.00 Å². The van der Waals surface area contributed by atoms with Crippen LogP contribution >= 0.6 is 11.3 Å². The van der Waals surface area contributed by atoms with Crippen LogP contribution in [0.15, 0.2) is 30.3 Å². The molecule has 170 valence electrons. The predicted molar refractivity (Wildman–Crippen MR) is 125 cm³/mol. The molecular formula is C24H28N2O5S. The number of hydrogen-bond donors (Lipinski definition) is 2. The third-order valence-electron chi connectivity index (χ3n) is 5.20. The SMILES string of the molecule is COCCCNC(=O)c1c(NC(=O)/C=C/c2ccc(C(=O)OC)cc2)sc2c1CCCC2. The summed E-state index contributed by atoms with van der Waals surface area (Å²) in [6.45, 7) is 1.10. The second-order valence-corrected chi connectivity index (χ2v) is 8.56. The number of thiophene rings is 1. The lowest BCUT2D eigenvalue weighted by molar-refractivity contribution is -0.111. The second-order valence-electron chi connectivity index (χ2n) is 7.45. The molecule has 32 heavy (non-hydrogen) atoms. The summed E-state index contributed by atoms with van der Waals surface area (Å²) < 4.78 is 9.72. The molecule has 2 N–H and O–H groups in total. The summed E-state index contributed by atoms with van der Waals surface area (Å²) in [5.74, 6) is -0.875. The van der Waals surface area contributed by atoms with Crippen molar-refractivity contribution in [1.29, 1.82) is 0 Å². The van der Waals surface area contributed by atoms with Crippen molar-refractivity contribution in [3.8, 4) is 0 Å². The van der Waals surface area contributed by atoms with E-state index in [4.69, 9.17) is 4.74 Å². The van der Waals surface area contributed by atoms with E-state index in [1.165, 1.54) is 29.4 Å². The van der Waals surface area contributed by atoms with E-state index in [9.17, 15) is 14.4 Å². The van der Waals surface area contributed by atoms with Gasteiger partial charge in [0.2, 0.25) is 5.91 Å². The van der Waals surface area contributed by atoms with Gasteiger partial charge in [0, 0.05) is 31.2 Å². The zero-order valence-corrected chi connectivity index (χ0v) is 19.2. The van der Waals surface area contributed by atoms with Crippen LogP contribution in [0, 0.1) is 0 Å². The minimum atomic E-state index is -0.409. The Morgan fingerprint density at radius 1 is 1.09 bits per heavy atom. The third-order valence-corrected chi connectivity index (χ3v) is 6.41. The first-order valence-corrected chi connectivity index (χ1v) is 11.4. The van der Waals surface area contributed by atoms with Crippen LogP contribution in [0.5, 0.6) is 0 Å². The Morgan fingerprint density at radius 3 is 2.56 bits per heavy atom. The zero-order chi connectivity index (χ0) is 22.9. The van der Waals surface area contributed by atoms with E-state index in [1.54, 1.807) is 37.5 Å². The van der Waals surface area contributed by atoms with E-state index in [0.717, 1.165) is 43.2 Å². The zero-order valence-electron chi connectivity index (χ0n) is 18.4. The molecule has 2 aromatic rings. The molecule has 0 fully saturated rings. The Hall–Kier alpha value is -2.97. The average Bonchev–Trinajstić information content (AvgIpc) is 3.18. The Kier molecular flexibility index (Phi) is 8.58. The Balaban J connectivity index is 1.71. The molecule has 0 unspecified atom stereocenters. The van der Waals surface area contributed by atoms with E-state index >= 15 is 0 Å². The van der Waals surface area contributed by atoms with E-state index in [0.29, 0.717) is 29.3 Å². The molecule has 7 nitrogen and oxygen atoms in total. The summed E-state index contributed by atoms with van der Waals surface area (Å²) in [7, 11) is 2.96. The first-order valence-electron chi connectivity index (χ1n) is 10.6. The molecule has 0 atom stereocenters. The highest BCUT2D eigenvalue weighted by Crippen LogP contribution is 2.38. The summed E-state index contributed by atoms with van der Waals surface area (Å²) in [4.78, 5) is 38.2. The van der Waals surface area contributed by atoms with Gasteiger partial charge in [0.05, 0.1) is 18.2 Å². The molecule has 1 heterocycles. The number of methoxy groups -OCH3 is 2. The number of ether oxygens (including phenoxy) is 2. The Labute approximate surface area is 191 Å². The Morgan fingerprint density at radius 2 is 1.84 bits per heavy atom. The molecule has 0 spiro atoms. The smallest absolute Gasteiger partial charge is 0.337 e. The monoisotopic (exact) mass is 456 g/mol. The maximum atomic E-state index is 12.9. The predicted octanol–water partition coefficient (Wildman–Crippen LogP) is 3.83. The molecule has 1 aliphatic rings. The summed E-state index contributed by atoms with van der Waals surface area (Å²) in [6.07, 6.45) is 7.74. The van der Waals surface area contributed by atoms with Crippen LogP contribution < -0.4 is 10.6 Å². The highest BCUT2D eigenvalue weighted by Gasteiger charge is 2.25. The lowest BCUT2D eigenvalue weighted by atomic mass is 9.95. The molecule has 1 aromatic heterocycles. The molecule has 0 aliphatic heterocycles. The van der Waals surface area contributed by atoms with Crippen LogP contribution in [0.2, 0.25) is 0 Å². The van der Waals surface area contributed by atoms with E-state index in [1.807, 2.05) is 0 Å². The molecule has 0 saturated heterocycles. The number of nitrogens with one attached hydrogen (secondary N) is 2. The van der Waals surface area contributed by atoms with E-state index in [-0.39, 0.29) is 11.8 Å². The standard InChI is InChI=1S/C24H28N2O5S/c1-30-15-5-14-25-22(28)21-18-6-3-4-7-19(18)32-23(21)26-20(27)13-10-16-8-11-17(12-9-16)24(29)31-2/h8-13H,3-7,14-15H2,1-2H3,(H,25,28)(H,26,27)/b13-10+. The molecule has 0 bridgehead atoms. The molecule has 2 amide bonds. The largest absolute Gasteiger partial charge is 0.465 e. The van der Waals surface area contributed by atoms with Crippen molar-refractivity contribution in [2.75, 3.05) is 32.7 Å². The summed E-state index contributed by atoms with van der Waals surface area (Å²) in [5, 5.41) is 6.43. The lowest BCUT2D eigenvalue weighted by Crippen LogP contribution is -2.27. The van der Waals surface area contributed by atoms with Gasteiger partial charge in [-0.25, -0.2) is 4.79 Å². The van der Waals surface area contributed by atoms with Crippen molar-refractivity contribution in [3.05, 3.63) is 57.5 Å². The van der Waals surface area contributed by atoms with Crippen molar-refractivity contribution in [2.24, 2.45) is 0 Å². The number of benzene rings is 1. The summed E-state index contributed by atoms with van der Waals surface area (Å²) in [5.41, 5.74) is 2.86. The first-order chi connectivity index (χ1) is 15.5. The van der Waals surface area contributed by atoms with Crippen molar-refractivity contribution >= 4 is 40.2 Å². The fourth-order valence-corrected chi connectivity index (χ4v) is 4.86. The normalized spacial score (nSPS) is 12.9. The highest BCUT2D eigenvalue weighted by molar-refractivity contribution is 7.17. The quantitative estimate of drug-likeness (QED) is 0.340. The van der Waals surface area contributed by atoms with Gasteiger partial charge in [0.1, 0.15) is 5.00 Å². The van der Waals surface area contributed by atoms with Crippen molar-refractivity contribution < 1.29 is 23.9 Å². The Bertz CT molecular complexity index is 995. The van der Waals surface area contributed by atoms with Crippen LogP contribution in [0.25, 0.3) is 6.08 Å². The van der Waals surface area contributed by atoms with Gasteiger partial charge in [0.15, 0.2) is 0 Å². The third kappa shape index (κ3) is 6.05. The number of fused-ring (bicyclic) bond motifs is 1. The number of hydrogen-bond acceptors (Lipinski definition) is 6. The fourth-order valence-electron chi connectivity index (χ4n) is 3.57. The number of anilines is 1. The van der Waals surface area contributed by atoms with Gasteiger partial charge in [-0.05, 0) is 61.4 Å². The number of amides is 2. The average molecular weight is 457 g/mol. The van der Waals surface area contributed by atoms with Gasteiger partial charge in [-0.1, -0.05) is 12.1 Å². The van der Waals surface area contributed by atoms with Gasteiger partial charge >= 0.3 is 5.97 Å². The number of rotatable bonds is 9. The molecule has 3 rings (SSSR count). The second kappa shape index (κ2) is 11.6. The van der Waals surface area contributed by atoms with E-state index < -0.39 is 5.97 Å². The van der Waals surface area contributed by atoms with Crippen LogP contribution in [0.3, 0.4) is 0 Å². The summed E-state index contributed by atoms with van der Waals surface area (Å²) >= 11 is 1.49. The lowest BCUT2D eigenvalue weighted by Gasteiger charge is -2.13. The van der Waals surface area contributed by atoms with Crippen molar-refractivity contribution in [3.63, 3.8) is 0 Å². The number of esters is 1.